The molecular formula is C20H18N2O4S. The van der Waals surface area contributed by atoms with Crippen LogP contribution in [0.5, 0.6) is 5.75 Å². The van der Waals surface area contributed by atoms with Gasteiger partial charge >= 0.3 is 0 Å². The van der Waals surface area contributed by atoms with Gasteiger partial charge in [-0.1, -0.05) is 36.4 Å². The number of aryl methyl sites for hydroxylation is 1. The average molecular weight is 382 g/mol. The van der Waals surface area contributed by atoms with Gasteiger partial charge in [-0.05, 0) is 53.6 Å². The molecule has 138 valence electrons. The zero-order chi connectivity index (χ0) is 19.4. The molecular weight excluding hydrogens is 364 g/mol. The van der Waals surface area contributed by atoms with Gasteiger partial charge in [-0.2, -0.15) is 0 Å². The molecule has 0 spiro atoms. The summed E-state index contributed by atoms with van der Waals surface area (Å²) < 4.78 is 5.26. The molecule has 1 fully saturated rings. The lowest BCUT2D eigenvalue weighted by Crippen LogP contribution is -2.27. The van der Waals surface area contributed by atoms with Gasteiger partial charge in [0.2, 0.25) is 0 Å². The maximum absolute atomic E-state index is 12.7. The first kappa shape index (κ1) is 18.7. The summed E-state index contributed by atoms with van der Waals surface area (Å²) in [5.74, 6) is -0.434. The molecule has 0 aromatic heterocycles. The maximum Gasteiger partial charge on any atom is 0.293 e. The topological polar surface area (TPSA) is 89.7 Å². The van der Waals surface area contributed by atoms with Crippen LogP contribution in [0.3, 0.4) is 0 Å². The van der Waals surface area contributed by atoms with Gasteiger partial charge in [-0.3, -0.25) is 19.3 Å². The lowest BCUT2D eigenvalue weighted by Gasteiger charge is -2.14. The highest BCUT2D eigenvalue weighted by molar-refractivity contribution is 8.18. The number of amides is 3. The van der Waals surface area contributed by atoms with Crippen molar-refractivity contribution in [2.24, 2.45) is 5.73 Å². The number of nitrogens with two attached hydrogens (primary N) is 1. The highest BCUT2D eigenvalue weighted by Crippen LogP contribution is 2.34. The standard InChI is InChI=1S/C20H18N2O4S/c1-13-5-2-3-7-15(13)11-22-19(24)17(27-20(22)25)10-14-6-4-8-16(9-14)26-12-18(21)23/h2-10H,11-12H2,1H3,(H2,21,23)/b17-10-. The van der Waals surface area contributed by atoms with Crippen molar-refractivity contribution in [3.05, 3.63) is 70.1 Å². The third-order valence-electron chi connectivity index (χ3n) is 4.00. The maximum atomic E-state index is 12.7. The van der Waals surface area contributed by atoms with E-state index in [1.54, 1.807) is 30.3 Å². The van der Waals surface area contributed by atoms with E-state index in [0.29, 0.717) is 16.2 Å². The normalized spacial score (nSPS) is 15.4. The van der Waals surface area contributed by atoms with Crippen LogP contribution in [0.25, 0.3) is 6.08 Å². The molecule has 0 atom stereocenters. The van der Waals surface area contributed by atoms with Crippen molar-refractivity contribution in [2.45, 2.75) is 13.5 Å². The fourth-order valence-electron chi connectivity index (χ4n) is 2.59. The Hall–Kier alpha value is -3.06. The van der Waals surface area contributed by atoms with E-state index in [-0.39, 0.29) is 24.3 Å². The second-order valence-electron chi connectivity index (χ2n) is 6.02. The molecule has 3 amide bonds. The van der Waals surface area contributed by atoms with Gasteiger partial charge in [0.15, 0.2) is 6.61 Å². The largest absolute Gasteiger partial charge is 0.484 e. The number of rotatable bonds is 6. The van der Waals surface area contributed by atoms with Crippen molar-refractivity contribution in [3.63, 3.8) is 0 Å². The number of hydrogen-bond donors (Lipinski definition) is 1. The number of carbonyl (C=O) groups excluding carboxylic acids is 3. The molecule has 1 saturated heterocycles. The summed E-state index contributed by atoms with van der Waals surface area (Å²) in [6.45, 7) is 1.97. The summed E-state index contributed by atoms with van der Waals surface area (Å²) in [7, 11) is 0. The molecule has 6 nitrogen and oxygen atoms in total. The SMILES string of the molecule is Cc1ccccc1CN1C(=O)S/C(=C\c2cccc(OCC(N)=O)c2)C1=O. The van der Waals surface area contributed by atoms with E-state index in [1.165, 1.54) is 4.90 Å². The quantitative estimate of drug-likeness (QED) is 0.776. The summed E-state index contributed by atoms with van der Waals surface area (Å²) >= 11 is 0.909. The predicted molar refractivity (Wildman–Crippen MR) is 104 cm³/mol. The zero-order valence-electron chi connectivity index (χ0n) is 14.7. The van der Waals surface area contributed by atoms with Crippen LogP contribution in [-0.4, -0.2) is 28.6 Å². The van der Waals surface area contributed by atoms with E-state index in [4.69, 9.17) is 10.5 Å². The third-order valence-corrected chi connectivity index (χ3v) is 4.91. The fraction of sp³-hybridized carbons (Fsp3) is 0.150. The van der Waals surface area contributed by atoms with Gasteiger partial charge in [-0.25, -0.2) is 0 Å². The second kappa shape index (κ2) is 8.09. The highest BCUT2D eigenvalue weighted by Gasteiger charge is 2.35. The zero-order valence-corrected chi connectivity index (χ0v) is 15.5. The molecule has 1 heterocycles. The molecule has 2 aromatic rings. The molecule has 27 heavy (non-hydrogen) atoms. The number of hydrogen-bond acceptors (Lipinski definition) is 5. The smallest absolute Gasteiger partial charge is 0.293 e. The Kier molecular flexibility index (Phi) is 5.61. The molecule has 0 radical (unpaired) electrons. The molecule has 2 aromatic carbocycles. The van der Waals surface area contributed by atoms with Crippen molar-refractivity contribution in [2.75, 3.05) is 6.61 Å². The fourth-order valence-corrected chi connectivity index (χ4v) is 3.43. The Labute approximate surface area is 161 Å². The van der Waals surface area contributed by atoms with Crippen LogP contribution in [0, 0.1) is 6.92 Å². The number of carbonyl (C=O) groups is 3. The van der Waals surface area contributed by atoms with E-state index in [2.05, 4.69) is 0 Å². The van der Waals surface area contributed by atoms with E-state index < -0.39 is 5.91 Å². The summed E-state index contributed by atoms with van der Waals surface area (Å²) in [5, 5.41) is -0.296. The molecule has 2 N–H and O–H groups in total. The van der Waals surface area contributed by atoms with Crippen molar-refractivity contribution < 1.29 is 19.1 Å². The number of primary amides is 1. The van der Waals surface area contributed by atoms with E-state index in [1.807, 2.05) is 31.2 Å². The van der Waals surface area contributed by atoms with Gasteiger partial charge in [0, 0.05) is 0 Å². The summed E-state index contributed by atoms with van der Waals surface area (Å²) in [5.41, 5.74) is 7.72. The number of nitrogens with zero attached hydrogens (tertiary/aromatic N) is 1. The van der Waals surface area contributed by atoms with Crippen molar-refractivity contribution in [1.29, 1.82) is 0 Å². The first-order valence-corrected chi connectivity index (χ1v) is 9.07. The summed E-state index contributed by atoms with van der Waals surface area (Å²) in [6, 6.07) is 14.5. The Morgan fingerprint density at radius 2 is 1.96 bits per heavy atom. The van der Waals surface area contributed by atoms with Crippen LogP contribution in [-0.2, 0) is 16.1 Å². The van der Waals surface area contributed by atoms with E-state index in [0.717, 1.165) is 22.9 Å². The lowest BCUT2D eigenvalue weighted by molar-refractivity contribution is -0.123. The third kappa shape index (κ3) is 4.57. The van der Waals surface area contributed by atoms with E-state index in [9.17, 15) is 14.4 Å². The van der Waals surface area contributed by atoms with Gasteiger partial charge in [0.05, 0.1) is 11.4 Å². The van der Waals surface area contributed by atoms with Crippen LogP contribution in [0.1, 0.15) is 16.7 Å². The van der Waals surface area contributed by atoms with Gasteiger partial charge in [0.1, 0.15) is 5.75 Å². The molecule has 3 rings (SSSR count). The number of thioether (sulfide) groups is 1. The molecule has 1 aliphatic rings. The molecule has 0 bridgehead atoms. The average Bonchev–Trinajstić information content (AvgIpc) is 2.89. The van der Waals surface area contributed by atoms with Gasteiger partial charge < -0.3 is 10.5 Å². The second-order valence-corrected chi connectivity index (χ2v) is 7.02. The summed E-state index contributed by atoms with van der Waals surface area (Å²) in [6.07, 6.45) is 1.64. The highest BCUT2D eigenvalue weighted by atomic mass is 32.2. The number of benzene rings is 2. The Morgan fingerprint density at radius 3 is 2.70 bits per heavy atom. The Balaban J connectivity index is 1.77. The minimum Gasteiger partial charge on any atom is -0.484 e. The lowest BCUT2D eigenvalue weighted by atomic mass is 10.1. The van der Waals surface area contributed by atoms with Crippen LogP contribution in [0.2, 0.25) is 0 Å². The van der Waals surface area contributed by atoms with Crippen LogP contribution in [0.15, 0.2) is 53.4 Å². The van der Waals surface area contributed by atoms with Crippen LogP contribution < -0.4 is 10.5 Å². The minimum atomic E-state index is -0.572. The Morgan fingerprint density at radius 1 is 1.19 bits per heavy atom. The first-order valence-electron chi connectivity index (χ1n) is 8.25. The van der Waals surface area contributed by atoms with Crippen LogP contribution >= 0.6 is 11.8 Å². The number of ether oxygens (including phenoxy) is 1. The van der Waals surface area contributed by atoms with E-state index >= 15 is 0 Å². The van der Waals surface area contributed by atoms with Gasteiger partial charge in [-0.15, -0.1) is 0 Å². The van der Waals surface area contributed by atoms with Crippen LogP contribution in [0.4, 0.5) is 4.79 Å². The summed E-state index contributed by atoms with van der Waals surface area (Å²) in [4.78, 5) is 37.4. The number of imide groups is 1. The molecule has 1 aliphatic heterocycles. The minimum absolute atomic E-state index is 0.226. The Bertz CT molecular complexity index is 939. The van der Waals surface area contributed by atoms with Crippen molar-refractivity contribution >= 4 is 34.9 Å². The molecule has 0 saturated carbocycles. The molecule has 7 heteroatoms. The van der Waals surface area contributed by atoms with Crippen molar-refractivity contribution in [3.8, 4) is 5.75 Å². The molecule has 0 unspecified atom stereocenters. The molecule has 0 aliphatic carbocycles. The predicted octanol–water partition coefficient (Wildman–Crippen LogP) is 3.10. The van der Waals surface area contributed by atoms with Crippen molar-refractivity contribution in [1.82, 2.24) is 4.90 Å². The van der Waals surface area contributed by atoms with Gasteiger partial charge in [0.25, 0.3) is 17.1 Å². The first-order chi connectivity index (χ1) is 12.9. The monoisotopic (exact) mass is 382 g/mol.